The van der Waals surface area contributed by atoms with E-state index < -0.39 is 6.04 Å². The average molecular weight is 382 g/mol. The number of nitrogens with one attached hydrogen (secondary N) is 1. The Balaban J connectivity index is 1.49. The van der Waals surface area contributed by atoms with Crippen molar-refractivity contribution < 1.29 is 18.8 Å². The molecule has 144 valence electrons. The molecule has 9 nitrogen and oxygen atoms in total. The van der Waals surface area contributed by atoms with Gasteiger partial charge in [-0.15, -0.1) is 0 Å². The number of aromatic amines is 1. The van der Waals surface area contributed by atoms with Gasteiger partial charge in [0, 0.05) is 24.4 Å². The van der Waals surface area contributed by atoms with Crippen LogP contribution in [0.1, 0.15) is 11.9 Å². The van der Waals surface area contributed by atoms with Gasteiger partial charge in [-0.1, -0.05) is 23.4 Å². The van der Waals surface area contributed by atoms with E-state index in [1.54, 1.807) is 23.1 Å². The van der Waals surface area contributed by atoms with Crippen LogP contribution in [0, 0.1) is 0 Å². The van der Waals surface area contributed by atoms with E-state index in [9.17, 15) is 9.59 Å². The number of para-hydroxylation sites is 1. The minimum Gasteiger partial charge on any atom is -0.484 e. The number of hydrogen-bond donors (Lipinski definition) is 1. The summed E-state index contributed by atoms with van der Waals surface area (Å²) in [5.41, 5.74) is 0.264. The van der Waals surface area contributed by atoms with Crippen molar-refractivity contribution in [3.8, 4) is 17.1 Å². The molecule has 1 unspecified atom stereocenters. The summed E-state index contributed by atoms with van der Waals surface area (Å²) in [5.74, 6) is 0.950. The highest BCUT2D eigenvalue weighted by Crippen LogP contribution is 2.25. The van der Waals surface area contributed by atoms with E-state index >= 15 is 0 Å². The summed E-state index contributed by atoms with van der Waals surface area (Å²) in [6, 6.07) is 11.7. The predicted octanol–water partition coefficient (Wildman–Crippen LogP) is 1.40. The van der Waals surface area contributed by atoms with Gasteiger partial charge in [0.25, 0.3) is 11.8 Å². The molecule has 28 heavy (non-hydrogen) atoms. The molecule has 2 aromatic heterocycles. The van der Waals surface area contributed by atoms with Crippen LogP contribution in [0.15, 0.2) is 58.0 Å². The smallest absolute Gasteiger partial charge is 0.261 e. The third-order valence-electron chi connectivity index (χ3n) is 4.31. The highest BCUT2D eigenvalue weighted by Gasteiger charge is 2.33. The first kappa shape index (κ1) is 17.9. The van der Waals surface area contributed by atoms with Crippen molar-refractivity contribution in [1.29, 1.82) is 0 Å². The summed E-state index contributed by atoms with van der Waals surface area (Å²) < 4.78 is 16.4. The highest BCUT2D eigenvalue weighted by molar-refractivity contribution is 5.78. The molecule has 1 saturated heterocycles. The SMILES string of the molecule is O=C(COc1ccccc1)N1CCOCC1c1nc(-c2cc[nH]c(=O)c2)no1. The molecule has 0 saturated carbocycles. The highest BCUT2D eigenvalue weighted by atomic mass is 16.5. The van der Waals surface area contributed by atoms with Crippen LogP contribution in [0.5, 0.6) is 5.75 Å². The largest absolute Gasteiger partial charge is 0.484 e. The molecule has 0 radical (unpaired) electrons. The van der Waals surface area contributed by atoms with Gasteiger partial charge in [0.1, 0.15) is 11.8 Å². The second-order valence-electron chi connectivity index (χ2n) is 6.18. The molecule has 1 atom stereocenters. The number of pyridine rings is 1. The molecule has 1 aromatic carbocycles. The molecule has 3 heterocycles. The summed E-state index contributed by atoms with van der Waals surface area (Å²) in [7, 11) is 0. The Morgan fingerprint density at radius 1 is 1.29 bits per heavy atom. The zero-order chi connectivity index (χ0) is 19.3. The molecule has 1 aliphatic heterocycles. The minimum atomic E-state index is -0.510. The van der Waals surface area contributed by atoms with Crippen molar-refractivity contribution in [1.82, 2.24) is 20.0 Å². The van der Waals surface area contributed by atoms with Gasteiger partial charge in [0.05, 0.1) is 13.2 Å². The van der Waals surface area contributed by atoms with Crippen LogP contribution in [-0.4, -0.2) is 52.3 Å². The number of amides is 1. The molecule has 1 fully saturated rings. The van der Waals surface area contributed by atoms with Crippen LogP contribution in [0.3, 0.4) is 0 Å². The van der Waals surface area contributed by atoms with Crippen LogP contribution in [-0.2, 0) is 9.53 Å². The Kier molecular flexibility index (Phi) is 5.16. The lowest BCUT2D eigenvalue weighted by atomic mass is 10.2. The number of aromatic nitrogens is 3. The monoisotopic (exact) mass is 382 g/mol. The first-order chi connectivity index (χ1) is 13.7. The maximum atomic E-state index is 12.7. The Morgan fingerprint density at radius 2 is 2.14 bits per heavy atom. The Morgan fingerprint density at radius 3 is 2.96 bits per heavy atom. The fourth-order valence-electron chi connectivity index (χ4n) is 2.92. The van der Waals surface area contributed by atoms with Crippen molar-refractivity contribution in [2.45, 2.75) is 6.04 Å². The van der Waals surface area contributed by atoms with Crippen LogP contribution in [0.25, 0.3) is 11.4 Å². The molecular weight excluding hydrogens is 364 g/mol. The van der Waals surface area contributed by atoms with E-state index in [2.05, 4.69) is 15.1 Å². The van der Waals surface area contributed by atoms with Crippen molar-refractivity contribution in [3.05, 3.63) is 64.9 Å². The summed E-state index contributed by atoms with van der Waals surface area (Å²) in [5, 5.41) is 3.93. The molecule has 4 rings (SSSR count). The van der Waals surface area contributed by atoms with Crippen molar-refractivity contribution >= 4 is 5.91 Å². The molecular formula is C19H18N4O5. The lowest BCUT2D eigenvalue weighted by Gasteiger charge is -2.33. The van der Waals surface area contributed by atoms with Crippen LogP contribution < -0.4 is 10.3 Å². The molecule has 1 N–H and O–H groups in total. The number of carbonyl (C=O) groups excluding carboxylic acids is 1. The maximum absolute atomic E-state index is 12.7. The lowest BCUT2D eigenvalue weighted by molar-refractivity contribution is -0.143. The first-order valence-corrected chi connectivity index (χ1v) is 8.78. The summed E-state index contributed by atoms with van der Waals surface area (Å²) in [6.45, 7) is 0.955. The number of carbonyl (C=O) groups is 1. The number of ether oxygens (including phenoxy) is 2. The van der Waals surface area contributed by atoms with Gasteiger partial charge in [-0.2, -0.15) is 4.98 Å². The number of nitrogens with zero attached hydrogens (tertiary/aromatic N) is 3. The van der Waals surface area contributed by atoms with Gasteiger partial charge in [-0.3, -0.25) is 9.59 Å². The van der Waals surface area contributed by atoms with E-state index in [1.807, 2.05) is 18.2 Å². The summed E-state index contributed by atoms with van der Waals surface area (Å²) in [4.78, 5) is 32.7. The van der Waals surface area contributed by atoms with Crippen LogP contribution >= 0.6 is 0 Å². The van der Waals surface area contributed by atoms with Gasteiger partial charge in [-0.25, -0.2) is 0 Å². The molecule has 1 amide bonds. The molecule has 0 bridgehead atoms. The topological polar surface area (TPSA) is 111 Å². The van der Waals surface area contributed by atoms with E-state index in [4.69, 9.17) is 14.0 Å². The second kappa shape index (κ2) is 8.05. The Bertz CT molecular complexity index is 1000. The van der Waals surface area contributed by atoms with Gasteiger partial charge in [0.15, 0.2) is 6.61 Å². The van der Waals surface area contributed by atoms with Crippen molar-refractivity contribution in [3.63, 3.8) is 0 Å². The number of hydrogen-bond acceptors (Lipinski definition) is 7. The van der Waals surface area contributed by atoms with Gasteiger partial charge in [-0.05, 0) is 18.2 Å². The Labute approximate surface area is 159 Å². The van der Waals surface area contributed by atoms with Gasteiger partial charge < -0.3 is 23.9 Å². The van der Waals surface area contributed by atoms with E-state index in [1.165, 1.54) is 12.3 Å². The summed E-state index contributed by atoms with van der Waals surface area (Å²) in [6.07, 6.45) is 1.51. The van der Waals surface area contributed by atoms with Crippen LogP contribution in [0.4, 0.5) is 0 Å². The normalized spacial score (nSPS) is 16.7. The third kappa shape index (κ3) is 3.94. The Hall–Kier alpha value is -3.46. The number of morpholine rings is 1. The number of H-pyrrole nitrogens is 1. The standard InChI is InChI=1S/C19H18N4O5/c24-16-10-13(6-7-20-16)18-21-19(28-22-18)15-11-26-9-8-23(15)17(25)12-27-14-4-2-1-3-5-14/h1-7,10,15H,8-9,11-12H2,(H,20,24). The quantitative estimate of drug-likeness (QED) is 0.710. The average Bonchev–Trinajstić information content (AvgIpc) is 3.23. The summed E-state index contributed by atoms with van der Waals surface area (Å²) >= 11 is 0. The van der Waals surface area contributed by atoms with E-state index in [-0.39, 0.29) is 36.4 Å². The molecule has 9 heteroatoms. The zero-order valence-electron chi connectivity index (χ0n) is 14.9. The van der Waals surface area contributed by atoms with Crippen LogP contribution in [0.2, 0.25) is 0 Å². The second-order valence-corrected chi connectivity index (χ2v) is 6.18. The van der Waals surface area contributed by atoms with Gasteiger partial charge >= 0.3 is 0 Å². The zero-order valence-corrected chi connectivity index (χ0v) is 14.9. The predicted molar refractivity (Wildman–Crippen MR) is 97.6 cm³/mol. The molecule has 0 spiro atoms. The molecule has 3 aromatic rings. The van der Waals surface area contributed by atoms with E-state index in [0.717, 1.165) is 0 Å². The third-order valence-corrected chi connectivity index (χ3v) is 4.31. The van der Waals surface area contributed by atoms with Crippen molar-refractivity contribution in [2.75, 3.05) is 26.4 Å². The lowest BCUT2D eigenvalue weighted by Crippen LogP contribution is -2.45. The fraction of sp³-hybridized carbons (Fsp3) is 0.263. The fourth-order valence-corrected chi connectivity index (χ4v) is 2.92. The maximum Gasteiger partial charge on any atom is 0.261 e. The van der Waals surface area contributed by atoms with Gasteiger partial charge in [0.2, 0.25) is 11.4 Å². The molecule has 1 aliphatic rings. The number of rotatable bonds is 5. The minimum absolute atomic E-state index is 0.102. The van der Waals surface area contributed by atoms with Crippen molar-refractivity contribution in [2.24, 2.45) is 0 Å². The first-order valence-electron chi connectivity index (χ1n) is 8.78. The number of benzene rings is 1. The van der Waals surface area contributed by atoms with E-state index in [0.29, 0.717) is 24.5 Å². The molecule has 0 aliphatic carbocycles.